The smallest absolute Gasteiger partial charge is 0.353 e. The Morgan fingerprint density at radius 3 is 2.48 bits per heavy atom. The van der Waals surface area contributed by atoms with E-state index < -0.39 is 16.0 Å². The first kappa shape index (κ1) is 15.7. The molecule has 3 rings (SSSR count). The quantitative estimate of drug-likeness (QED) is 0.737. The van der Waals surface area contributed by atoms with Crippen LogP contribution in [0.3, 0.4) is 0 Å². The van der Waals surface area contributed by atoms with Crippen molar-refractivity contribution in [1.82, 2.24) is 8.96 Å². The fraction of sp³-hybridized carbons (Fsp3) is 0.0667. The standard InChI is InChI=1S/C15H11BrN2O4S/c1-9-12(16)7-10-8-13(15(19)20)18(14(10)17-9)23(21,22)11-5-3-2-4-6-11/h2-8H,1H3,(H,19,20). The Labute approximate surface area is 140 Å². The van der Waals surface area contributed by atoms with Crippen LogP contribution in [-0.4, -0.2) is 28.5 Å². The molecule has 6 nitrogen and oxygen atoms in total. The maximum absolute atomic E-state index is 12.9. The van der Waals surface area contributed by atoms with Crippen molar-refractivity contribution < 1.29 is 18.3 Å². The van der Waals surface area contributed by atoms with Crippen LogP contribution >= 0.6 is 15.9 Å². The summed E-state index contributed by atoms with van der Waals surface area (Å²) in [4.78, 5) is 15.8. The van der Waals surface area contributed by atoms with E-state index in [1.165, 1.54) is 18.2 Å². The SMILES string of the molecule is Cc1nc2c(cc1Br)cc(C(=O)O)n2S(=O)(=O)c1ccccc1. The monoisotopic (exact) mass is 394 g/mol. The summed E-state index contributed by atoms with van der Waals surface area (Å²) in [7, 11) is -4.07. The van der Waals surface area contributed by atoms with Gasteiger partial charge in [0.25, 0.3) is 10.0 Å². The third kappa shape index (κ3) is 2.53. The van der Waals surface area contributed by atoms with Crippen molar-refractivity contribution in [3.63, 3.8) is 0 Å². The number of rotatable bonds is 3. The average molecular weight is 395 g/mol. The molecule has 0 aliphatic rings. The predicted octanol–water partition coefficient (Wildman–Crippen LogP) is 3.04. The van der Waals surface area contributed by atoms with E-state index in [0.29, 0.717) is 15.6 Å². The van der Waals surface area contributed by atoms with Gasteiger partial charge in [-0.05, 0) is 47.1 Å². The summed E-state index contributed by atoms with van der Waals surface area (Å²) in [6.07, 6.45) is 0. The normalized spacial score (nSPS) is 11.7. The Balaban J connectivity index is 2.42. The maximum atomic E-state index is 12.9. The summed E-state index contributed by atoms with van der Waals surface area (Å²) >= 11 is 3.31. The number of benzene rings is 1. The van der Waals surface area contributed by atoms with Gasteiger partial charge in [0, 0.05) is 9.86 Å². The van der Waals surface area contributed by atoms with Gasteiger partial charge in [-0.3, -0.25) is 0 Å². The van der Waals surface area contributed by atoms with Crippen LogP contribution in [0.25, 0.3) is 11.0 Å². The molecule has 0 atom stereocenters. The van der Waals surface area contributed by atoms with Gasteiger partial charge < -0.3 is 5.11 Å². The molecular formula is C15H11BrN2O4S. The highest BCUT2D eigenvalue weighted by Crippen LogP contribution is 2.28. The maximum Gasteiger partial charge on any atom is 0.353 e. The zero-order valence-electron chi connectivity index (χ0n) is 11.9. The lowest BCUT2D eigenvalue weighted by molar-refractivity contribution is 0.0689. The molecule has 0 amide bonds. The minimum absolute atomic E-state index is 0.00220. The highest BCUT2D eigenvalue weighted by atomic mass is 79.9. The molecule has 8 heteroatoms. The molecule has 2 heterocycles. The molecule has 0 radical (unpaired) electrons. The van der Waals surface area contributed by atoms with Crippen LogP contribution in [0.5, 0.6) is 0 Å². The molecule has 1 N–H and O–H groups in total. The number of hydrogen-bond donors (Lipinski definition) is 1. The van der Waals surface area contributed by atoms with Gasteiger partial charge >= 0.3 is 5.97 Å². The van der Waals surface area contributed by atoms with Crippen molar-refractivity contribution in [2.75, 3.05) is 0 Å². The van der Waals surface area contributed by atoms with E-state index in [2.05, 4.69) is 20.9 Å². The number of carbonyl (C=O) groups is 1. The highest BCUT2D eigenvalue weighted by Gasteiger charge is 2.27. The molecule has 0 aliphatic heterocycles. The van der Waals surface area contributed by atoms with Crippen LogP contribution in [0.4, 0.5) is 0 Å². The Bertz CT molecular complexity index is 1030. The lowest BCUT2D eigenvalue weighted by Crippen LogP contribution is -2.18. The van der Waals surface area contributed by atoms with Gasteiger partial charge in [0.1, 0.15) is 5.69 Å². The van der Waals surface area contributed by atoms with Crippen LogP contribution in [0.15, 0.2) is 51.8 Å². The number of nitrogens with zero attached hydrogens (tertiary/aromatic N) is 2. The van der Waals surface area contributed by atoms with Gasteiger partial charge in [0.2, 0.25) is 0 Å². The zero-order chi connectivity index (χ0) is 16.8. The predicted molar refractivity (Wildman–Crippen MR) is 88.2 cm³/mol. The molecule has 118 valence electrons. The number of aromatic carboxylic acids is 1. The molecule has 0 saturated heterocycles. The Morgan fingerprint density at radius 2 is 1.87 bits per heavy atom. The van der Waals surface area contributed by atoms with Gasteiger partial charge in [-0.1, -0.05) is 18.2 Å². The molecule has 2 aromatic heterocycles. The molecular weight excluding hydrogens is 384 g/mol. The number of fused-ring (bicyclic) bond motifs is 1. The molecule has 23 heavy (non-hydrogen) atoms. The molecule has 0 aliphatic carbocycles. The van der Waals surface area contributed by atoms with Crippen LogP contribution < -0.4 is 0 Å². The Kier molecular flexibility index (Phi) is 3.73. The molecule has 0 spiro atoms. The lowest BCUT2D eigenvalue weighted by atomic mass is 10.3. The van der Waals surface area contributed by atoms with E-state index in [1.807, 2.05) is 0 Å². The summed E-state index contributed by atoms with van der Waals surface area (Å²) in [5.74, 6) is -1.34. The first-order valence-corrected chi connectivity index (χ1v) is 8.78. The van der Waals surface area contributed by atoms with E-state index >= 15 is 0 Å². The number of hydrogen-bond acceptors (Lipinski definition) is 4. The average Bonchev–Trinajstić information content (AvgIpc) is 2.88. The Hall–Kier alpha value is -2.19. The van der Waals surface area contributed by atoms with Crippen molar-refractivity contribution in [2.45, 2.75) is 11.8 Å². The first-order chi connectivity index (χ1) is 10.8. The van der Waals surface area contributed by atoms with Crippen molar-refractivity contribution in [3.05, 3.63) is 58.3 Å². The second kappa shape index (κ2) is 5.47. The number of halogens is 1. The highest BCUT2D eigenvalue weighted by molar-refractivity contribution is 9.10. The lowest BCUT2D eigenvalue weighted by Gasteiger charge is -2.09. The summed E-state index contributed by atoms with van der Waals surface area (Å²) in [6, 6.07) is 10.6. The van der Waals surface area contributed by atoms with Gasteiger partial charge in [-0.15, -0.1) is 0 Å². The largest absolute Gasteiger partial charge is 0.477 e. The van der Waals surface area contributed by atoms with Gasteiger partial charge in [-0.2, -0.15) is 0 Å². The fourth-order valence-electron chi connectivity index (χ4n) is 2.26. The third-order valence-electron chi connectivity index (χ3n) is 3.36. The minimum atomic E-state index is -4.07. The minimum Gasteiger partial charge on any atom is -0.477 e. The van der Waals surface area contributed by atoms with Crippen LogP contribution in [-0.2, 0) is 10.0 Å². The summed E-state index contributed by atoms with van der Waals surface area (Å²) < 4.78 is 27.2. The Morgan fingerprint density at radius 1 is 1.22 bits per heavy atom. The van der Waals surface area contributed by atoms with Gasteiger partial charge in [0.15, 0.2) is 5.65 Å². The van der Waals surface area contributed by atoms with E-state index in [1.54, 1.807) is 31.2 Å². The molecule has 0 unspecified atom stereocenters. The summed E-state index contributed by atoms with van der Waals surface area (Å²) in [5.41, 5.74) is 0.304. The number of pyridine rings is 1. The van der Waals surface area contributed by atoms with E-state index in [0.717, 1.165) is 3.97 Å². The third-order valence-corrected chi connectivity index (χ3v) is 5.88. The molecule has 3 aromatic rings. The number of aryl methyl sites for hydroxylation is 1. The van der Waals surface area contributed by atoms with E-state index in [4.69, 9.17) is 0 Å². The topological polar surface area (TPSA) is 89.3 Å². The van der Waals surface area contributed by atoms with Gasteiger partial charge in [0.05, 0.1) is 10.6 Å². The number of carboxylic acid groups (broad SMARTS) is 1. The van der Waals surface area contributed by atoms with Crippen molar-refractivity contribution in [2.24, 2.45) is 0 Å². The molecule has 1 aromatic carbocycles. The van der Waals surface area contributed by atoms with Crippen LogP contribution in [0.1, 0.15) is 16.2 Å². The first-order valence-electron chi connectivity index (χ1n) is 6.55. The van der Waals surface area contributed by atoms with Crippen molar-refractivity contribution in [1.29, 1.82) is 0 Å². The van der Waals surface area contributed by atoms with Crippen molar-refractivity contribution >= 4 is 43.0 Å². The van der Waals surface area contributed by atoms with E-state index in [9.17, 15) is 18.3 Å². The number of aromatic nitrogens is 2. The zero-order valence-corrected chi connectivity index (χ0v) is 14.3. The molecule has 0 bridgehead atoms. The summed E-state index contributed by atoms with van der Waals surface area (Å²) in [5, 5.41) is 9.82. The second-order valence-electron chi connectivity index (χ2n) is 4.89. The number of carboxylic acids is 1. The second-order valence-corrected chi connectivity index (χ2v) is 7.53. The fourth-order valence-corrected chi connectivity index (χ4v) is 4.07. The van der Waals surface area contributed by atoms with E-state index in [-0.39, 0.29) is 16.2 Å². The molecule has 0 saturated carbocycles. The van der Waals surface area contributed by atoms with Crippen LogP contribution in [0, 0.1) is 6.92 Å². The van der Waals surface area contributed by atoms with Crippen LogP contribution in [0.2, 0.25) is 0 Å². The van der Waals surface area contributed by atoms with Gasteiger partial charge in [-0.25, -0.2) is 22.2 Å². The summed E-state index contributed by atoms with van der Waals surface area (Å²) in [6.45, 7) is 1.70. The van der Waals surface area contributed by atoms with Crippen molar-refractivity contribution in [3.8, 4) is 0 Å². The molecule has 0 fully saturated rings.